The largest absolute Gasteiger partial charge is 0.488 e. The molecule has 0 radical (unpaired) electrons. The Morgan fingerprint density at radius 3 is 1.94 bits per heavy atom. The van der Waals surface area contributed by atoms with Crippen LogP contribution >= 0.6 is 0 Å². The number of halogens is 2. The van der Waals surface area contributed by atoms with Crippen LogP contribution in [0.25, 0.3) is 6.08 Å². The van der Waals surface area contributed by atoms with Gasteiger partial charge in [0.15, 0.2) is 0 Å². The van der Waals surface area contributed by atoms with Crippen molar-refractivity contribution in [1.29, 1.82) is 0 Å². The van der Waals surface area contributed by atoms with Gasteiger partial charge in [-0.1, -0.05) is 102 Å². The quantitative estimate of drug-likeness (QED) is 0.223. The Labute approximate surface area is 214 Å². The van der Waals surface area contributed by atoms with Crippen LogP contribution in [-0.2, 0) is 0 Å². The zero-order valence-corrected chi connectivity index (χ0v) is 22.2. The fraction of sp³-hybridized carbons (Fsp3) is 0.750. The van der Waals surface area contributed by atoms with E-state index in [0.717, 1.165) is 23.3 Å². The molecule has 35 heavy (non-hydrogen) atoms. The second-order valence-electron chi connectivity index (χ2n) is 11.3. The van der Waals surface area contributed by atoms with Crippen molar-refractivity contribution in [3.63, 3.8) is 0 Å². The molecule has 2 aliphatic carbocycles. The number of unbranched alkanes of at least 4 members (excludes halogenated alkanes) is 7. The van der Waals surface area contributed by atoms with Crippen LogP contribution in [-0.4, -0.2) is 13.0 Å². The van der Waals surface area contributed by atoms with E-state index in [-0.39, 0.29) is 0 Å². The molecule has 3 rings (SSSR count). The van der Waals surface area contributed by atoms with Crippen molar-refractivity contribution in [1.82, 2.24) is 0 Å². The summed E-state index contributed by atoms with van der Waals surface area (Å²) in [5, 5.41) is 0. The minimum absolute atomic E-state index is 0.510. The van der Waals surface area contributed by atoms with E-state index in [4.69, 9.17) is 4.74 Å². The summed E-state index contributed by atoms with van der Waals surface area (Å²) in [6, 6.07) is 7.47. The second kappa shape index (κ2) is 16.4. The Balaban J connectivity index is 1.25. The van der Waals surface area contributed by atoms with Gasteiger partial charge in [0.2, 0.25) is 0 Å². The van der Waals surface area contributed by atoms with Crippen molar-refractivity contribution in [2.45, 2.75) is 123 Å². The molecule has 0 spiro atoms. The predicted molar refractivity (Wildman–Crippen MR) is 145 cm³/mol. The molecule has 3 heteroatoms. The molecule has 198 valence electrons. The molecule has 1 aromatic rings. The topological polar surface area (TPSA) is 9.23 Å². The van der Waals surface area contributed by atoms with E-state index in [0.29, 0.717) is 11.7 Å². The number of ether oxygens (including phenoxy) is 1. The van der Waals surface area contributed by atoms with Gasteiger partial charge in [-0.15, -0.1) is 0 Å². The second-order valence-corrected chi connectivity index (χ2v) is 11.3. The molecule has 0 bridgehead atoms. The lowest BCUT2D eigenvalue weighted by molar-refractivity contribution is 0.0819. The van der Waals surface area contributed by atoms with Crippen molar-refractivity contribution in [3.8, 4) is 5.75 Å². The summed E-state index contributed by atoms with van der Waals surface area (Å²) in [5.74, 6) is 4.14. The molecular weight excluding hydrogens is 438 g/mol. The first-order valence-electron chi connectivity index (χ1n) is 14.8. The molecule has 0 aliphatic heterocycles. The van der Waals surface area contributed by atoms with E-state index in [1.807, 2.05) is 12.1 Å². The smallest absolute Gasteiger partial charge is 0.272 e. The number of hydrogen-bond donors (Lipinski definition) is 0. The van der Waals surface area contributed by atoms with Gasteiger partial charge in [-0.2, -0.15) is 0 Å². The number of allylic oxidation sites excluding steroid dienone is 1. The first-order valence-corrected chi connectivity index (χ1v) is 14.8. The molecule has 1 nitrogen and oxygen atoms in total. The summed E-state index contributed by atoms with van der Waals surface area (Å²) in [5.41, 5.74) is 1.12. The summed E-state index contributed by atoms with van der Waals surface area (Å²) in [4.78, 5) is 0. The van der Waals surface area contributed by atoms with Gasteiger partial charge in [-0.3, -0.25) is 0 Å². The third-order valence-electron chi connectivity index (χ3n) is 8.66. The zero-order chi connectivity index (χ0) is 24.7. The highest BCUT2D eigenvalue weighted by Crippen LogP contribution is 2.42. The third-order valence-corrected chi connectivity index (χ3v) is 8.66. The van der Waals surface area contributed by atoms with Crippen LogP contribution in [0.1, 0.15) is 122 Å². The fourth-order valence-electron chi connectivity index (χ4n) is 6.41. The van der Waals surface area contributed by atoms with Crippen molar-refractivity contribution in [2.24, 2.45) is 23.7 Å². The van der Waals surface area contributed by atoms with Gasteiger partial charge >= 0.3 is 0 Å². The summed E-state index contributed by atoms with van der Waals surface area (Å²) in [6.07, 6.45) is 26.4. The SMILES string of the molecule is CCCCCCCCCC[C@H]1CC[C@H]([C@H]2CC[C@H](C=Cc3ccc(OCC(F)F)cc3)CC2)CC1. The van der Waals surface area contributed by atoms with E-state index in [9.17, 15) is 8.78 Å². The lowest BCUT2D eigenvalue weighted by atomic mass is 9.68. The van der Waals surface area contributed by atoms with Gasteiger partial charge in [-0.05, 0) is 79.9 Å². The molecule has 0 amide bonds. The molecule has 2 saturated carbocycles. The fourth-order valence-corrected chi connectivity index (χ4v) is 6.41. The predicted octanol–water partition coefficient (Wildman–Crippen LogP) is 10.5. The molecule has 0 unspecified atom stereocenters. The summed E-state index contributed by atoms with van der Waals surface area (Å²) < 4.78 is 29.6. The third kappa shape index (κ3) is 11.0. The molecule has 2 fully saturated rings. The van der Waals surface area contributed by atoms with E-state index < -0.39 is 13.0 Å². The molecule has 0 N–H and O–H groups in total. The first-order chi connectivity index (χ1) is 17.1. The molecule has 0 atom stereocenters. The van der Waals surface area contributed by atoms with E-state index >= 15 is 0 Å². The maximum absolute atomic E-state index is 12.3. The Bertz CT molecular complexity index is 682. The van der Waals surface area contributed by atoms with Crippen LogP contribution in [0, 0.1) is 23.7 Å². The molecule has 0 aromatic heterocycles. The van der Waals surface area contributed by atoms with Gasteiger partial charge in [0.05, 0.1) is 0 Å². The molecule has 1 aromatic carbocycles. The number of rotatable bonds is 15. The molecular formula is C32H50F2O. The van der Waals surface area contributed by atoms with Crippen molar-refractivity contribution < 1.29 is 13.5 Å². The molecule has 0 saturated heterocycles. The Morgan fingerprint density at radius 1 is 0.771 bits per heavy atom. The van der Waals surface area contributed by atoms with Crippen molar-refractivity contribution in [2.75, 3.05) is 6.61 Å². The number of benzene rings is 1. The highest BCUT2D eigenvalue weighted by atomic mass is 19.3. The van der Waals surface area contributed by atoms with Gasteiger partial charge in [0, 0.05) is 0 Å². The van der Waals surface area contributed by atoms with Crippen LogP contribution < -0.4 is 4.74 Å². The Kier molecular flexibility index (Phi) is 13.2. The standard InChI is InChI=1S/C32H50F2O/c1-2-3-4-5-6-7-8-9-10-26-13-19-29(20-14-26)30-21-15-27(16-22-30)11-12-28-17-23-31(24-18-28)35-25-32(33)34/h11-12,17-18,23-24,26-27,29-30,32H,2-10,13-16,19-22,25H2,1H3/t26-,27-,29-,30-. The van der Waals surface area contributed by atoms with Crippen LogP contribution in [0.5, 0.6) is 5.75 Å². The van der Waals surface area contributed by atoms with E-state index in [1.165, 1.54) is 109 Å². The lowest BCUT2D eigenvalue weighted by Crippen LogP contribution is -2.25. The van der Waals surface area contributed by atoms with Crippen molar-refractivity contribution in [3.05, 3.63) is 35.9 Å². The van der Waals surface area contributed by atoms with Gasteiger partial charge in [0.1, 0.15) is 12.4 Å². The van der Waals surface area contributed by atoms with Crippen LogP contribution in [0.3, 0.4) is 0 Å². The highest BCUT2D eigenvalue weighted by Gasteiger charge is 2.30. The van der Waals surface area contributed by atoms with Crippen LogP contribution in [0.4, 0.5) is 8.78 Å². The molecule has 0 heterocycles. The normalized spacial score (nSPS) is 25.4. The van der Waals surface area contributed by atoms with Crippen LogP contribution in [0.15, 0.2) is 30.3 Å². The molecule has 2 aliphatic rings. The van der Waals surface area contributed by atoms with Gasteiger partial charge in [0.25, 0.3) is 6.43 Å². The van der Waals surface area contributed by atoms with Gasteiger partial charge < -0.3 is 4.74 Å². The monoisotopic (exact) mass is 488 g/mol. The maximum Gasteiger partial charge on any atom is 0.272 e. The average molecular weight is 489 g/mol. The Hall–Kier alpha value is -1.38. The van der Waals surface area contributed by atoms with Crippen molar-refractivity contribution >= 4 is 6.08 Å². The average Bonchev–Trinajstić information content (AvgIpc) is 2.89. The van der Waals surface area contributed by atoms with Crippen LogP contribution in [0.2, 0.25) is 0 Å². The minimum atomic E-state index is -2.43. The zero-order valence-electron chi connectivity index (χ0n) is 22.2. The summed E-state index contributed by atoms with van der Waals surface area (Å²) in [7, 11) is 0. The number of hydrogen-bond acceptors (Lipinski definition) is 1. The maximum atomic E-state index is 12.3. The summed E-state index contributed by atoms with van der Waals surface area (Å²) >= 11 is 0. The van der Waals surface area contributed by atoms with Gasteiger partial charge in [-0.25, -0.2) is 8.78 Å². The Morgan fingerprint density at radius 2 is 1.34 bits per heavy atom. The lowest BCUT2D eigenvalue weighted by Gasteiger charge is -2.37. The number of alkyl halides is 2. The summed E-state index contributed by atoms with van der Waals surface area (Å²) in [6.45, 7) is 1.75. The highest BCUT2D eigenvalue weighted by molar-refractivity contribution is 5.50. The minimum Gasteiger partial charge on any atom is -0.488 e. The first kappa shape index (κ1) is 28.2. The van der Waals surface area contributed by atoms with E-state index in [2.05, 4.69) is 19.1 Å². The van der Waals surface area contributed by atoms with E-state index in [1.54, 1.807) is 12.1 Å².